The van der Waals surface area contributed by atoms with Crippen molar-refractivity contribution in [2.45, 2.75) is 31.7 Å². The van der Waals surface area contributed by atoms with E-state index >= 15 is 0 Å². The zero-order valence-electron chi connectivity index (χ0n) is 11.8. The van der Waals surface area contributed by atoms with Gasteiger partial charge in [-0.1, -0.05) is 11.8 Å². The van der Waals surface area contributed by atoms with Gasteiger partial charge < -0.3 is 16.4 Å². The Bertz CT molecular complexity index is 567. The smallest absolute Gasteiger partial charge is 0.261 e. The number of nitrogens with two attached hydrogens (primary N) is 1. The van der Waals surface area contributed by atoms with Gasteiger partial charge in [-0.15, -0.1) is 11.3 Å². The topological polar surface area (TPSA) is 84.2 Å². The Hall–Kier alpha value is -1.84. The molecule has 2 rings (SSSR count). The molecule has 1 aromatic rings. The van der Waals surface area contributed by atoms with E-state index in [1.807, 2.05) is 6.07 Å². The fourth-order valence-electron chi connectivity index (χ4n) is 1.73. The zero-order chi connectivity index (χ0) is 15.1. The highest BCUT2D eigenvalue weighted by molar-refractivity contribution is 7.14. The summed E-state index contributed by atoms with van der Waals surface area (Å²) >= 11 is 1.34. The number of hydrogen-bond acceptors (Lipinski definition) is 4. The molecular weight excluding hydrogens is 286 g/mol. The van der Waals surface area contributed by atoms with Gasteiger partial charge in [0, 0.05) is 19.0 Å². The van der Waals surface area contributed by atoms with Gasteiger partial charge in [0.25, 0.3) is 5.91 Å². The van der Waals surface area contributed by atoms with Crippen molar-refractivity contribution in [3.05, 3.63) is 21.9 Å². The molecule has 1 fully saturated rings. The summed E-state index contributed by atoms with van der Waals surface area (Å²) in [6.07, 6.45) is 3.29. The van der Waals surface area contributed by atoms with Gasteiger partial charge in [0.1, 0.15) is 0 Å². The largest absolute Gasteiger partial charge is 0.353 e. The lowest BCUT2D eigenvalue weighted by atomic mass is 10.3. The van der Waals surface area contributed by atoms with E-state index < -0.39 is 0 Å². The third-order valence-electron chi connectivity index (χ3n) is 2.95. The first-order valence-corrected chi connectivity index (χ1v) is 7.87. The van der Waals surface area contributed by atoms with E-state index in [0.717, 1.165) is 17.7 Å². The van der Waals surface area contributed by atoms with Crippen LogP contribution in [0.25, 0.3) is 0 Å². The van der Waals surface area contributed by atoms with E-state index in [9.17, 15) is 9.59 Å². The van der Waals surface area contributed by atoms with E-state index in [1.54, 1.807) is 6.07 Å². The van der Waals surface area contributed by atoms with Crippen molar-refractivity contribution in [1.29, 1.82) is 0 Å². The highest BCUT2D eigenvalue weighted by Gasteiger charge is 2.22. The first kappa shape index (κ1) is 15.5. The first-order chi connectivity index (χ1) is 10.2. The van der Waals surface area contributed by atoms with Gasteiger partial charge >= 0.3 is 0 Å². The minimum atomic E-state index is -0.122. The molecule has 21 heavy (non-hydrogen) atoms. The van der Waals surface area contributed by atoms with Crippen LogP contribution < -0.4 is 16.4 Å². The maximum Gasteiger partial charge on any atom is 0.261 e. The van der Waals surface area contributed by atoms with Crippen LogP contribution in [0, 0.1) is 11.8 Å². The molecule has 6 heteroatoms. The molecule has 5 nitrogen and oxygen atoms in total. The number of carbonyl (C=O) groups is 2. The lowest BCUT2D eigenvalue weighted by molar-refractivity contribution is -0.121. The Morgan fingerprint density at radius 1 is 1.38 bits per heavy atom. The fraction of sp³-hybridized carbons (Fsp3) is 0.467. The zero-order valence-corrected chi connectivity index (χ0v) is 12.6. The van der Waals surface area contributed by atoms with Gasteiger partial charge in [-0.05, 0) is 31.4 Å². The average Bonchev–Trinajstić information content (AvgIpc) is 3.15. The Labute approximate surface area is 128 Å². The molecule has 0 aromatic carbocycles. The molecule has 1 heterocycles. The molecule has 1 aliphatic rings. The minimum absolute atomic E-state index is 0.0715. The summed E-state index contributed by atoms with van der Waals surface area (Å²) in [6.45, 7) is 0.807. The summed E-state index contributed by atoms with van der Waals surface area (Å²) in [5.41, 5.74) is 5.30. The molecule has 0 bridgehead atoms. The highest BCUT2D eigenvalue weighted by Crippen LogP contribution is 2.18. The minimum Gasteiger partial charge on any atom is -0.353 e. The molecule has 0 aliphatic heterocycles. The maximum atomic E-state index is 11.9. The highest BCUT2D eigenvalue weighted by atomic mass is 32.1. The lowest BCUT2D eigenvalue weighted by Crippen LogP contribution is -2.28. The monoisotopic (exact) mass is 305 g/mol. The second kappa shape index (κ2) is 7.81. The molecule has 0 radical (unpaired) electrons. The second-order valence-electron chi connectivity index (χ2n) is 4.87. The molecule has 1 aliphatic carbocycles. The number of amides is 2. The van der Waals surface area contributed by atoms with Crippen molar-refractivity contribution in [2.75, 3.05) is 13.1 Å². The number of carbonyl (C=O) groups excluding carboxylic acids is 2. The first-order valence-electron chi connectivity index (χ1n) is 7.05. The van der Waals surface area contributed by atoms with Gasteiger partial charge in [-0.2, -0.15) is 0 Å². The predicted octanol–water partition coefficient (Wildman–Crippen LogP) is 0.847. The number of rotatable bonds is 6. The Balaban J connectivity index is 1.66. The normalized spacial score (nSPS) is 13.2. The van der Waals surface area contributed by atoms with Gasteiger partial charge in [0.05, 0.1) is 16.3 Å². The van der Waals surface area contributed by atoms with Crippen molar-refractivity contribution < 1.29 is 9.59 Å². The van der Waals surface area contributed by atoms with Crippen LogP contribution in [0.15, 0.2) is 12.1 Å². The van der Waals surface area contributed by atoms with Crippen LogP contribution in [-0.2, 0) is 4.79 Å². The van der Waals surface area contributed by atoms with Crippen LogP contribution in [0.2, 0.25) is 0 Å². The fourth-order valence-corrected chi connectivity index (χ4v) is 2.53. The van der Waals surface area contributed by atoms with Gasteiger partial charge in [0.15, 0.2) is 0 Å². The molecule has 0 unspecified atom stereocenters. The molecule has 112 valence electrons. The van der Waals surface area contributed by atoms with Crippen LogP contribution >= 0.6 is 11.3 Å². The molecule has 0 spiro atoms. The van der Waals surface area contributed by atoms with E-state index in [4.69, 9.17) is 5.73 Å². The molecule has 4 N–H and O–H groups in total. The van der Waals surface area contributed by atoms with Crippen molar-refractivity contribution in [3.8, 4) is 11.8 Å². The number of hydrogen-bond donors (Lipinski definition) is 3. The number of thiophene rings is 1. The van der Waals surface area contributed by atoms with E-state index in [0.29, 0.717) is 36.9 Å². The van der Waals surface area contributed by atoms with Crippen LogP contribution in [0.5, 0.6) is 0 Å². The number of nitrogens with one attached hydrogen (secondary N) is 2. The van der Waals surface area contributed by atoms with E-state index in [-0.39, 0.29) is 11.8 Å². The summed E-state index contributed by atoms with van der Waals surface area (Å²) in [5.74, 6) is 5.60. The van der Waals surface area contributed by atoms with Crippen LogP contribution in [0.3, 0.4) is 0 Å². The molecule has 2 amide bonds. The van der Waals surface area contributed by atoms with Crippen molar-refractivity contribution >= 4 is 23.2 Å². The van der Waals surface area contributed by atoms with E-state index in [1.165, 1.54) is 11.3 Å². The molecule has 0 atom stereocenters. The summed E-state index contributed by atoms with van der Waals surface area (Å²) in [6, 6.07) is 3.96. The van der Waals surface area contributed by atoms with Gasteiger partial charge in [-0.3, -0.25) is 9.59 Å². The second-order valence-corrected chi connectivity index (χ2v) is 5.95. The average molecular weight is 305 g/mol. The predicted molar refractivity (Wildman–Crippen MR) is 83.0 cm³/mol. The van der Waals surface area contributed by atoms with Crippen LogP contribution in [0.4, 0.5) is 0 Å². The quantitative estimate of drug-likeness (QED) is 0.538. The summed E-state index contributed by atoms with van der Waals surface area (Å²) < 4.78 is 0. The molecular formula is C15H19N3O2S. The third kappa shape index (κ3) is 5.58. The van der Waals surface area contributed by atoms with Crippen molar-refractivity contribution in [3.63, 3.8) is 0 Å². The van der Waals surface area contributed by atoms with Crippen LogP contribution in [0.1, 0.15) is 40.2 Å². The molecule has 1 aromatic heterocycles. The molecule has 0 saturated heterocycles. The third-order valence-corrected chi connectivity index (χ3v) is 3.95. The lowest BCUT2D eigenvalue weighted by Gasteiger charge is -2.04. The SMILES string of the molecule is NCC#Cc1ccc(C(=O)NCCCC(=O)NC2CC2)s1. The Morgan fingerprint density at radius 3 is 2.90 bits per heavy atom. The van der Waals surface area contributed by atoms with E-state index in [2.05, 4.69) is 22.5 Å². The summed E-state index contributed by atoms with van der Waals surface area (Å²) in [4.78, 5) is 24.8. The van der Waals surface area contributed by atoms with Gasteiger partial charge in [0.2, 0.25) is 5.91 Å². The van der Waals surface area contributed by atoms with Crippen molar-refractivity contribution in [2.24, 2.45) is 5.73 Å². The Morgan fingerprint density at radius 2 is 2.19 bits per heavy atom. The summed E-state index contributed by atoms with van der Waals surface area (Å²) in [7, 11) is 0. The summed E-state index contributed by atoms with van der Waals surface area (Å²) in [5, 5.41) is 5.73. The standard InChI is InChI=1S/C15H19N3O2S/c16-9-1-3-12-7-8-13(21-12)15(20)17-10-2-4-14(19)18-11-5-6-11/h7-8,11H,2,4-6,9-10,16H2,(H,17,20)(H,18,19). The maximum absolute atomic E-state index is 11.9. The van der Waals surface area contributed by atoms with Crippen LogP contribution in [-0.4, -0.2) is 30.9 Å². The van der Waals surface area contributed by atoms with Gasteiger partial charge in [-0.25, -0.2) is 0 Å². The van der Waals surface area contributed by atoms with Crippen molar-refractivity contribution in [1.82, 2.24) is 10.6 Å². The molecule has 1 saturated carbocycles. The Kier molecular flexibility index (Phi) is 5.78.